The molecule has 0 aliphatic carbocycles. The molecule has 2 aromatic rings. The van der Waals surface area contributed by atoms with E-state index in [1.165, 1.54) is 31.4 Å². The van der Waals surface area contributed by atoms with Gasteiger partial charge in [-0.3, -0.25) is 14.7 Å². The van der Waals surface area contributed by atoms with Crippen molar-refractivity contribution in [3.8, 4) is 0 Å². The zero-order chi connectivity index (χ0) is 22.0. The number of amides is 1. The number of hydrogen-bond donors (Lipinski definition) is 1. The minimum absolute atomic E-state index is 0.0215. The summed E-state index contributed by atoms with van der Waals surface area (Å²) in [7, 11) is -2.61. The van der Waals surface area contributed by atoms with E-state index in [4.69, 9.17) is 13.8 Å². The van der Waals surface area contributed by atoms with Crippen molar-refractivity contribution >= 4 is 19.4 Å². The lowest BCUT2D eigenvalue weighted by Gasteiger charge is -2.26. The Kier molecular flexibility index (Phi) is 8.98. The lowest BCUT2D eigenvalue weighted by molar-refractivity contribution is -0.384. The van der Waals surface area contributed by atoms with Crippen LogP contribution in [0.4, 0.5) is 10.5 Å². The van der Waals surface area contributed by atoms with E-state index < -0.39 is 24.4 Å². The molecule has 0 bridgehead atoms. The highest BCUT2D eigenvalue weighted by Crippen LogP contribution is 2.59. The summed E-state index contributed by atoms with van der Waals surface area (Å²) in [6.45, 7) is 2.15. The van der Waals surface area contributed by atoms with Crippen LogP contribution in [0, 0.1) is 10.1 Å². The van der Waals surface area contributed by atoms with Gasteiger partial charge in [0.2, 0.25) is 0 Å². The van der Waals surface area contributed by atoms with Crippen LogP contribution >= 0.6 is 7.60 Å². The molecule has 1 amide bonds. The molecule has 0 aliphatic heterocycles. The fourth-order valence-electron chi connectivity index (χ4n) is 2.57. The van der Waals surface area contributed by atoms with Crippen molar-refractivity contribution in [2.24, 2.45) is 0 Å². The Morgan fingerprint density at radius 3 is 2.40 bits per heavy atom. The predicted octanol–water partition coefficient (Wildman–Crippen LogP) is 5.18. The average Bonchev–Trinajstić information content (AvgIpc) is 2.77. The summed E-state index contributed by atoms with van der Waals surface area (Å²) >= 11 is 0. The van der Waals surface area contributed by atoms with Crippen LogP contribution in [0.5, 0.6) is 0 Å². The first-order chi connectivity index (χ1) is 14.4. The van der Waals surface area contributed by atoms with Gasteiger partial charge in [-0.05, 0) is 29.7 Å². The highest BCUT2D eigenvalue weighted by Gasteiger charge is 2.38. The summed E-state index contributed by atoms with van der Waals surface area (Å²) in [5.74, 6) is -1.19. The molecule has 10 heteroatoms. The van der Waals surface area contributed by atoms with Crippen molar-refractivity contribution < 1.29 is 28.1 Å². The molecular formula is C20H25N2O7P. The second kappa shape index (κ2) is 11.4. The van der Waals surface area contributed by atoms with Gasteiger partial charge in [0.25, 0.3) is 5.69 Å². The van der Waals surface area contributed by atoms with E-state index >= 15 is 0 Å². The van der Waals surface area contributed by atoms with E-state index in [2.05, 4.69) is 5.32 Å². The van der Waals surface area contributed by atoms with Gasteiger partial charge < -0.3 is 19.1 Å². The van der Waals surface area contributed by atoms with Gasteiger partial charge in [0, 0.05) is 19.2 Å². The lowest BCUT2D eigenvalue weighted by atomic mass is 10.2. The third-order valence-corrected chi connectivity index (χ3v) is 6.34. The number of rotatable bonds is 11. The zero-order valence-corrected chi connectivity index (χ0v) is 17.7. The van der Waals surface area contributed by atoms with Crippen LogP contribution in [0.25, 0.3) is 0 Å². The molecule has 2 unspecified atom stereocenters. The molecule has 0 aromatic heterocycles. The topological polar surface area (TPSA) is 117 Å². The SMILES string of the molecule is CCCCOP(=O)(OC)C(NC(=O)OCc1ccccc1)c1ccc([N+](=O)[O-])cc1. The highest BCUT2D eigenvalue weighted by atomic mass is 31.2. The molecule has 1 N–H and O–H groups in total. The van der Waals surface area contributed by atoms with Crippen LogP contribution in [0.2, 0.25) is 0 Å². The molecule has 2 rings (SSSR count). The number of hydrogen-bond acceptors (Lipinski definition) is 7. The molecule has 0 fully saturated rings. The number of nitro benzene ring substituents is 1. The number of alkyl carbamates (subject to hydrolysis) is 1. The Morgan fingerprint density at radius 1 is 1.17 bits per heavy atom. The monoisotopic (exact) mass is 436 g/mol. The molecule has 0 radical (unpaired) electrons. The van der Waals surface area contributed by atoms with Crippen LogP contribution in [-0.4, -0.2) is 24.7 Å². The summed E-state index contributed by atoms with van der Waals surface area (Å²) < 4.78 is 29.2. The molecule has 0 heterocycles. The van der Waals surface area contributed by atoms with Gasteiger partial charge in [-0.1, -0.05) is 43.7 Å². The normalized spacial score (nSPS) is 13.8. The van der Waals surface area contributed by atoms with Gasteiger partial charge in [0.1, 0.15) is 6.61 Å². The molecule has 0 saturated heterocycles. The van der Waals surface area contributed by atoms with Crippen molar-refractivity contribution in [2.75, 3.05) is 13.7 Å². The second-order valence-corrected chi connectivity index (χ2v) is 8.59. The maximum Gasteiger partial charge on any atom is 0.408 e. The number of ether oxygens (including phenoxy) is 1. The summed E-state index contributed by atoms with van der Waals surface area (Å²) in [5, 5.41) is 13.4. The van der Waals surface area contributed by atoms with Gasteiger partial charge in [-0.25, -0.2) is 4.79 Å². The quantitative estimate of drug-likeness (QED) is 0.223. The Labute approximate surface area is 175 Å². The lowest BCUT2D eigenvalue weighted by Crippen LogP contribution is -2.30. The van der Waals surface area contributed by atoms with Crippen molar-refractivity contribution in [3.05, 3.63) is 75.8 Å². The maximum atomic E-state index is 13.3. The molecule has 0 aliphatic rings. The summed E-state index contributed by atoms with van der Waals surface area (Å²) in [5.41, 5.74) is 0.982. The predicted molar refractivity (Wildman–Crippen MR) is 111 cm³/mol. The Hall–Kier alpha value is -2.74. The standard InChI is InChI=1S/C20H25N2O7P/c1-3-4-14-29-30(26,27-2)19(17-10-12-18(13-11-17)22(24)25)21-20(23)28-15-16-8-6-5-7-9-16/h5-13,19H,3-4,14-15H2,1-2H3,(H,21,23). The highest BCUT2D eigenvalue weighted by molar-refractivity contribution is 7.54. The van der Waals surface area contributed by atoms with Gasteiger partial charge >= 0.3 is 13.7 Å². The van der Waals surface area contributed by atoms with Gasteiger partial charge in [-0.15, -0.1) is 0 Å². The third-order valence-electron chi connectivity index (χ3n) is 4.23. The number of non-ortho nitro benzene ring substituents is 1. The summed E-state index contributed by atoms with van der Waals surface area (Å²) in [4.78, 5) is 22.8. The van der Waals surface area contributed by atoms with Gasteiger partial charge in [-0.2, -0.15) is 0 Å². The largest absolute Gasteiger partial charge is 0.445 e. The second-order valence-electron chi connectivity index (χ2n) is 6.37. The van der Waals surface area contributed by atoms with Crippen molar-refractivity contribution in [1.29, 1.82) is 0 Å². The van der Waals surface area contributed by atoms with E-state index in [0.717, 1.165) is 12.0 Å². The maximum absolute atomic E-state index is 13.3. The Bertz CT molecular complexity index is 874. The molecular weight excluding hydrogens is 411 g/mol. The number of unbranched alkanes of at least 4 members (excludes halogenated alkanes) is 1. The molecule has 162 valence electrons. The van der Waals surface area contributed by atoms with E-state index in [9.17, 15) is 19.5 Å². The fourth-order valence-corrected chi connectivity index (χ4v) is 4.22. The Balaban J connectivity index is 2.21. The minimum atomic E-state index is -3.83. The smallest absolute Gasteiger partial charge is 0.408 e. The van der Waals surface area contributed by atoms with Crippen LogP contribution in [-0.2, 0) is 25.0 Å². The Morgan fingerprint density at radius 2 is 1.83 bits per heavy atom. The first kappa shape index (κ1) is 23.5. The molecule has 9 nitrogen and oxygen atoms in total. The summed E-state index contributed by atoms with van der Waals surface area (Å²) in [6.07, 6.45) is 0.649. The van der Waals surface area contributed by atoms with Crippen molar-refractivity contribution in [2.45, 2.75) is 32.2 Å². The van der Waals surface area contributed by atoms with E-state index in [-0.39, 0.29) is 18.9 Å². The number of carbonyl (C=O) groups is 1. The molecule has 30 heavy (non-hydrogen) atoms. The molecule has 2 aromatic carbocycles. The molecule has 0 saturated carbocycles. The minimum Gasteiger partial charge on any atom is -0.445 e. The first-order valence-corrected chi connectivity index (χ1v) is 11.0. The zero-order valence-electron chi connectivity index (χ0n) is 16.9. The average molecular weight is 436 g/mol. The fraction of sp³-hybridized carbons (Fsp3) is 0.350. The van der Waals surface area contributed by atoms with Crippen LogP contribution < -0.4 is 5.32 Å². The number of carbonyl (C=O) groups excluding carboxylic acids is 1. The molecule has 2 atom stereocenters. The van der Waals surface area contributed by atoms with Crippen molar-refractivity contribution in [3.63, 3.8) is 0 Å². The van der Waals surface area contributed by atoms with Crippen LogP contribution in [0.3, 0.4) is 0 Å². The van der Waals surface area contributed by atoms with Crippen LogP contribution in [0.15, 0.2) is 54.6 Å². The van der Waals surface area contributed by atoms with Crippen LogP contribution in [0.1, 0.15) is 36.7 Å². The summed E-state index contributed by atoms with van der Waals surface area (Å²) in [6, 6.07) is 14.4. The van der Waals surface area contributed by atoms with Crippen molar-refractivity contribution in [1.82, 2.24) is 5.32 Å². The molecule has 0 spiro atoms. The third kappa shape index (κ3) is 6.66. The van der Waals surface area contributed by atoms with E-state index in [0.29, 0.717) is 12.0 Å². The first-order valence-electron chi connectivity index (χ1n) is 9.41. The van der Waals surface area contributed by atoms with Gasteiger partial charge in [0.15, 0.2) is 5.78 Å². The number of nitrogens with zero attached hydrogens (tertiary/aromatic N) is 1. The number of nitrogens with one attached hydrogen (secondary N) is 1. The number of nitro groups is 1. The van der Waals surface area contributed by atoms with E-state index in [1.807, 2.05) is 25.1 Å². The van der Waals surface area contributed by atoms with E-state index in [1.54, 1.807) is 12.1 Å². The number of benzene rings is 2. The van der Waals surface area contributed by atoms with Gasteiger partial charge in [0.05, 0.1) is 11.5 Å².